The Morgan fingerprint density at radius 1 is 1.21 bits per heavy atom. The number of anilines is 1. The predicted octanol–water partition coefficient (Wildman–Crippen LogP) is 7.75. The summed E-state index contributed by atoms with van der Waals surface area (Å²) in [7, 11) is 1.70. The van der Waals surface area contributed by atoms with Crippen molar-refractivity contribution in [2.75, 3.05) is 19.0 Å². The largest absolute Gasteiger partial charge is 0.385 e. The van der Waals surface area contributed by atoms with Gasteiger partial charge in [0.05, 0.1) is 17.6 Å². The molecule has 2 atom stereocenters. The van der Waals surface area contributed by atoms with Crippen molar-refractivity contribution in [3.05, 3.63) is 89.5 Å². The Kier molecular flexibility index (Phi) is 15.8. The normalized spacial score (nSPS) is 14.7. The Hall–Kier alpha value is -3.77. The van der Waals surface area contributed by atoms with Crippen LogP contribution in [0.3, 0.4) is 0 Å². The molecule has 0 fully saturated rings. The summed E-state index contributed by atoms with van der Waals surface area (Å²) in [5.74, 6) is -0.132. The predicted molar refractivity (Wildman–Crippen MR) is 166 cm³/mol. The number of rotatable bonds is 11. The lowest BCUT2D eigenvalue weighted by Crippen LogP contribution is -2.23. The summed E-state index contributed by atoms with van der Waals surface area (Å²) in [4.78, 5) is 25.4. The standard InChI is InChI=1S/C30H37N3O2.C2H6.CH2O/c1-6-23-14-16-24(17-15-23)30(34)33-26-12-9-11-25(20-26)28(18-19-35-5)32-22(4)27-13-8-10-21(3)29(27)31-7-2;2*1-2/h7-16,20,24,28,32H,4,6,17-19H2,1-3,5H3,(H,33,34);1-2H3;1H2. The number of carbonyl (C=O) groups is 2. The molecule has 0 bridgehead atoms. The first kappa shape index (κ1) is 33.3. The number of amides is 1. The average molecular weight is 532 g/mol. The monoisotopic (exact) mass is 531 g/mol. The highest BCUT2D eigenvalue weighted by Gasteiger charge is 2.19. The molecule has 0 spiro atoms. The molecular weight excluding hydrogens is 486 g/mol. The van der Waals surface area contributed by atoms with E-state index in [1.165, 1.54) is 5.57 Å². The molecule has 2 aromatic rings. The Morgan fingerprint density at radius 3 is 2.54 bits per heavy atom. The summed E-state index contributed by atoms with van der Waals surface area (Å²) >= 11 is 0. The first-order valence-corrected chi connectivity index (χ1v) is 13.6. The third-order valence-corrected chi connectivity index (χ3v) is 6.26. The SMILES string of the molecule is C=C(NC(CCOC)c1cccc(NC(=O)C2C=CC(CC)=CC2)c1)c1cccc(C)c1N=CC.C=O.CC. The van der Waals surface area contributed by atoms with Gasteiger partial charge in [-0.15, -0.1) is 0 Å². The quantitative estimate of drug-likeness (QED) is 0.291. The van der Waals surface area contributed by atoms with Crippen molar-refractivity contribution in [1.29, 1.82) is 0 Å². The van der Waals surface area contributed by atoms with Crippen LogP contribution in [0.15, 0.2) is 77.8 Å². The van der Waals surface area contributed by atoms with E-state index >= 15 is 0 Å². The van der Waals surface area contributed by atoms with Crippen LogP contribution in [-0.2, 0) is 14.3 Å². The maximum atomic E-state index is 12.9. The fourth-order valence-electron chi connectivity index (χ4n) is 4.24. The zero-order valence-electron chi connectivity index (χ0n) is 24.4. The number of carbonyl (C=O) groups excluding carboxylic acids is 2. The third kappa shape index (κ3) is 10.1. The molecule has 1 aliphatic rings. The zero-order chi connectivity index (χ0) is 29.2. The number of nitrogens with zero attached hydrogens (tertiary/aromatic N) is 1. The van der Waals surface area contributed by atoms with E-state index in [0.29, 0.717) is 6.61 Å². The summed E-state index contributed by atoms with van der Waals surface area (Å²) in [5.41, 5.74) is 6.91. The molecule has 6 nitrogen and oxygen atoms in total. The summed E-state index contributed by atoms with van der Waals surface area (Å²) in [6, 6.07) is 14.1. The van der Waals surface area contributed by atoms with Crippen LogP contribution in [0, 0.1) is 12.8 Å². The van der Waals surface area contributed by atoms with Gasteiger partial charge in [-0.3, -0.25) is 9.79 Å². The van der Waals surface area contributed by atoms with Crippen molar-refractivity contribution in [2.24, 2.45) is 10.9 Å². The van der Waals surface area contributed by atoms with Crippen molar-refractivity contribution >= 4 is 36.0 Å². The molecular formula is C33H45N3O3. The highest BCUT2D eigenvalue weighted by molar-refractivity contribution is 5.94. The minimum atomic E-state index is -0.144. The molecule has 1 aliphatic carbocycles. The van der Waals surface area contributed by atoms with Crippen LogP contribution in [0.4, 0.5) is 11.4 Å². The minimum Gasteiger partial charge on any atom is -0.385 e. The van der Waals surface area contributed by atoms with Crippen molar-refractivity contribution in [1.82, 2.24) is 5.32 Å². The Morgan fingerprint density at radius 2 is 1.92 bits per heavy atom. The molecule has 1 amide bonds. The molecule has 0 saturated heterocycles. The molecule has 210 valence electrons. The number of nitrogens with one attached hydrogen (secondary N) is 2. The summed E-state index contributed by atoms with van der Waals surface area (Å²) in [6.45, 7) is 17.0. The number of ether oxygens (including phenoxy) is 1. The van der Waals surface area contributed by atoms with Gasteiger partial charge < -0.3 is 20.2 Å². The van der Waals surface area contributed by atoms with Crippen LogP contribution in [0.5, 0.6) is 0 Å². The third-order valence-electron chi connectivity index (χ3n) is 6.26. The lowest BCUT2D eigenvalue weighted by Gasteiger charge is -2.24. The maximum absolute atomic E-state index is 12.9. The number of hydrogen-bond acceptors (Lipinski definition) is 5. The number of benzene rings is 2. The molecule has 0 heterocycles. The molecule has 3 rings (SSSR count). The van der Waals surface area contributed by atoms with Crippen molar-refractivity contribution in [3.63, 3.8) is 0 Å². The fourth-order valence-corrected chi connectivity index (χ4v) is 4.24. The summed E-state index contributed by atoms with van der Waals surface area (Å²) in [6.07, 6.45) is 10.5. The summed E-state index contributed by atoms with van der Waals surface area (Å²) < 4.78 is 5.38. The van der Waals surface area contributed by atoms with E-state index < -0.39 is 0 Å². The van der Waals surface area contributed by atoms with Gasteiger partial charge in [0, 0.05) is 36.9 Å². The smallest absolute Gasteiger partial charge is 0.231 e. The van der Waals surface area contributed by atoms with E-state index in [2.05, 4.69) is 47.3 Å². The van der Waals surface area contributed by atoms with E-state index in [1.54, 1.807) is 13.3 Å². The molecule has 6 heteroatoms. The van der Waals surface area contributed by atoms with Gasteiger partial charge in [-0.05, 0) is 56.4 Å². The van der Waals surface area contributed by atoms with E-state index in [-0.39, 0.29) is 17.9 Å². The number of hydrogen-bond donors (Lipinski definition) is 2. The van der Waals surface area contributed by atoms with Gasteiger partial charge in [-0.25, -0.2) is 0 Å². The van der Waals surface area contributed by atoms with Crippen LogP contribution >= 0.6 is 0 Å². The number of para-hydroxylation sites is 1. The average Bonchev–Trinajstić information content (AvgIpc) is 2.98. The van der Waals surface area contributed by atoms with Crippen LogP contribution < -0.4 is 10.6 Å². The van der Waals surface area contributed by atoms with Crippen LogP contribution in [0.25, 0.3) is 5.70 Å². The van der Waals surface area contributed by atoms with E-state index in [0.717, 1.165) is 53.0 Å². The van der Waals surface area contributed by atoms with Crippen molar-refractivity contribution in [2.45, 2.75) is 59.9 Å². The molecule has 0 radical (unpaired) electrons. The van der Waals surface area contributed by atoms with E-state index in [4.69, 9.17) is 9.53 Å². The van der Waals surface area contributed by atoms with Gasteiger partial charge in [0.1, 0.15) is 6.79 Å². The maximum Gasteiger partial charge on any atom is 0.231 e. The van der Waals surface area contributed by atoms with Gasteiger partial charge in [0.15, 0.2) is 0 Å². The highest BCUT2D eigenvalue weighted by atomic mass is 16.5. The minimum absolute atomic E-state index is 0.0115. The molecule has 39 heavy (non-hydrogen) atoms. The first-order chi connectivity index (χ1) is 19.0. The van der Waals surface area contributed by atoms with Crippen molar-refractivity contribution in [3.8, 4) is 0 Å². The first-order valence-electron chi connectivity index (χ1n) is 13.6. The molecule has 0 aliphatic heterocycles. The molecule has 0 saturated carbocycles. The lowest BCUT2D eigenvalue weighted by molar-refractivity contribution is -0.118. The molecule has 2 N–H and O–H groups in total. The number of allylic oxidation sites excluding steroid dienone is 3. The van der Waals surface area contributed by atoms with Gasteiger partial charge in [0.25, 0.3) is 0 Å². The second-order valence-corrected chi connectivity index (χ2v) is 8.76. The van der Waals surface area contributed by atoms with Gasteiger partial charge in [0.2, 0.25) is 5.91 Å². The van der Waals surface area contributed by atoms with E-state index in [9.17, 15) is 4.79 Å². The number of methoxy groups -OCH3 is 1. The molecule has 0 aromatic heterocycles. The summed E-state index contributed by atoms with van der Waals surface area (Å²) in [5, 5.41) is 6.68. The van der Waals surface area contributed by atoms with E-state index in [1.807, 2.05) is 77.0 Å². The zero-order valence-corrected chi connectivity index (χ0v) is 24.4. The van der Waals surface area contributed by atoms with Crippen LogP contribution in [0.2, 0.25) is 0 Å². The number of aliphatic imine (C=N–C) groups is 1. The lowest BCUT2D eigenvalue weighted by atomic mass is 9.94. The second kappa shape index (κ2) is 18.5. The fraction of sp³-hybridized carbons (Fsp3) is 0.364. The van der Waals surface area contributed by atoms with Gasteiger partial charge in [-0.2, -0.15) is 0 Å². The second-order valence-electron chi connectivity index (χ2n) is 8.76. The highest BCUT2D eigenvalue weighted by Crippen LogP contribution is 2.31. The molecule has 2 aromatic carbocycles. The van der Waals surface area contributed by atoms with Crippen molar-refractivity contribution < 1.29 is 14.3 Å². The van der Waals surface area contributed by atoms with Crippen LogP contribution in [-0.4, -0.2) is 32.6 Å². The van der Waals surface area contributed by atoms with Gasteiger partial charge in [-0.1, -0.05) is 81.5 Å². The Balaban J connectivity index is 0.00000181. The topological polar surface area (TPSA) is 79.8 Å². The molecule has 2 unspecified atom stereocenters. The van der Waals surface area contributed by atoms with Gasteiger partial charge >= 0.3 is 0 Å². The Bertz CT molecular complexity index is 1150. The Labute approximate surface area is 235 Å². The number of aryl methyl sites for hydroxylation is 1. The van der Waals surface area contributed by atoms with Crippen LogP contribution in [0.1, 0.15) is 69.7 Å².